The molecule has 4 heteroatoms. The second-order valence-corrected chi connectivity index (χ2v) is 4.24. The number of phenols is 1. The van der Waals surface area contributed by atoms with E-state index in [0.29, 0.717) is 6.42 Å². The van der Waals surface area contributed by atoms with E-state index in [4.69, 9.17) is 9.84 Å². The zero-order chi connectivity index (χ0) is 12.3. The number of ether oxygens (including phenoxy) is 1. The highest BCUT2D eigenvalue weighted by Crippen LogP contribution is 2.26. The summed E-state index contributed by atoms with van der Waals surface area (Å²) in [4.78, 5) is 11.7. The van der Waals surface area contributed by atoms with Crippen LogP contribution in [-0.4, -0.2) is 11.1 Å². The number of hydrogen-bond acceptors (Lipinski definition) is 3. The highest BCUT2D eigenvalue weighted by molar-refractivity contribution is 5.78. The smallest absolute Gasteiger partial charge is 0.316 e. The molecule has 0 atom stereocenters. The van der Waals surface area contributed by atoms with Crippen molar-refractivity contribution < 1.29 is 19.0 Å². The van der Waals surface area contributed by atoms with E-state index >= 15 is 0 Å². The predicted molar refractivity (Wildman–Crippen MR) is 57.8 cm³/mol. The molecule has 0 spiro atoms. The summed E-state index contributed by atoms with van der Waals surface area (Å²) in [5.74, 6) is -1.59. The lowest BCUT2D eigenvalue weighted by molar-refractivity contribution is -0.144. The molecule has 1 aromatic rings. The van der Waals surface area contributed by atoms with Crippen molar-refractivity contribution in [2.24, 2.45) is 5.41 Å². The third-order valence-corrected chi connectivity index (χ3v) is 2.57. The maximum atomic E-state index is 13.0. The molecule has 0 saturated heterocycles. The average molecular weight is 226 g/mol. The molecule has 0 aliphatic rings. The molecule has 0 amide bonds. The molecule has 1 N–H and O–H groups in total. The van der Waals surface area contributed by atoms with Crippen LogP contribution in [0.2, 0.25) is 0 Å². The van der Waals surface area contributed by atoms with Crippen molar-refractivity contribution in [2.75, 3.05) is 0 Å². The third-order valence-electron chi connectivity index (χ3n) is 2.57. The average Bonchev–Trinajstić information content (AvgIpc) is 2.23. The zero-order valence-electron chi connectivity index (χ0n) is 9.58. The molecule has 0 fully saturated rings. The quantitative estimate of drug-likeness (QED) is 0.636. The number of halogens is 1. The molecule has 0 saturated carbocycles. The number of rotatable bonds is 3. The van der Waals surface area contributed by atoms with E-state index in [1.165, 1.54) is 6.07 Å². The van der Waals surface area contributed by atoms with Crippen LogP contribution in [0.25, 0.3) is 0 Å². The molecule has 0 unspecified atom stereocenters. The van der Waals surface area contributed by atoms with Gasteiger partial charge in [-0.05, 0) is 32.4 Å². The van der Waals surface area contributed by atoms with Gasteiger partial charge in [0.15, 0.2) is 11.6 Å². The van der Waals surface area contributed by atoms with E-state index in [1.54, 1.807) is 13.8 Å². The number of carbonyl (C=O) groups excluding carboxylic acids is 1. The summed E-state index contributed by atoms with van der Waals surface area (Å²) in [6.07, 6.45) is 0.631. The zero-order valence-corrected chi connectivity index (χ0v) is 9.58. The maximum absolute atomic E-state index is 13.0. The lowest BCUT2D eigenvalue weighted by Gasteiger charge is -2.20. The number of esters is 1. The van der Waals surface area contributed by atoms with E-state index < -0.39 is 23.0 Å². The van der Waals surface area contributed by atoms with Crippen LogP contribution in [-0.2, 0) is 4.79 Å². The summed E-state index contributed by atoms with van der Waals surface area (Å²) >= 11 is 0. The summed E-state index contributed by atoms with van der Waals surface area (Å²) in [5, 5.41) is 8.97. The van der Waals surface area contributed by atoms with Gasteiger partial charge in [0.05, 0.1) is 5.41 Å². The first-order chi connectivity index (χ1) is 7.36. The molecular weight excluding hydrogens is 211 g/mol. The van der Waals surface area contributed by atoms with Gasteiger partial charge in [0.1, 0.15) is 5.75 Å². The first-order valence-corrected chi connectivity index (χ1v) is 5.07. The van der Waals surface area contributed by atoms with Crippen molar-refractivity contribution in [2.45, 2.75) is 27.2 Å². The summed E-state index contributed by atoms with van der Waals surface area (Å²) in [7, 11) is 0. The summed E-state index contributed by atoms with van der Waals surface area (Å²) in [5.41, 5.74) is -0.603. The number of hydrogen-bond donors (Lipinski definition) is 1. The van der Waals surface area contributed by atoms with Gasteiger partial charge in [-0.15, -0.1) is 0 Å². The minimum atomic E-state index is -0.806. The monoisotopic (exact) mass is 226 g/mol. The third kappa shape index (κ3) is 2.72. The van der Waals surface area contributed by atoms with Crippen LogP contribution < -0.4 is 4.74 Å². The number of carbonyl (C=O) groups is 1. The Morgan fingerprint density at radius 3 is 2.62 bits per heavy atom. The van der Waals surface area contributed by atoms with Crippen LogP contribution in [0.1, 0.15) is 27.2 Å². The minimum Gasteiger partial charge on any atom is -0.505 e. The highest BCUT2D eigenvalue weighted by Gasteiger charge is 2.27. The van der Waals surface area contributed by atoms with Gasteiger partial charge in [0.2, 0.25) is 0 Å². The predicted octanol–water partition coefficient (Wildman–Crippen LogP) is 2.87. The Hall–Kier alpha value is -1.58. The normalized spacial score (nSPS) is 11.2. The molecular formula is C12H15FO3. The van der Waals surface area contributed by atoms with Gasteiger partial charge in [-0.3, -0.25) is 4.79 Å². The topological polar surface area (TPSA) is 46.5 Å². The molecule has 3 nitrogen and oxygen atoms in total. The van der Waals surface area contributed by atoms with Gasteiger partial charge < -0.3 is 9.84 Å². The Morgan fingerprint density at radius 2 is 2.12 bits per heavy atom. The second kappa shape index (κ2) is 4.51. The number of benzene rings is 1. The van der Waals surface area contributed by atoms with Crippen molar-refractivity contribution in [3.8, 4) is 11.5 Å². The number of phenolic OH excluding ortho intramolecular Hbond substituents is 1. The minimum absolute atomic E-state index is 0.0989. The van der Waals surface area contributed by atoms with E-state index in [0.717, 1.165) is 12.1 Å². The van der Waals surface area contributed by atoms with Crippen molar-refractivity contribution in [3.63, 3.8) is 0 Å². The van der Waals surface area contributed by atoms with Crippen molar-refractivity contribution >= 4 is 5.97 Å². The molecule has 0 aliphatic heterocycles. The van der Waals surface area contributed by atoms with E-state index in [-0.39, 0.29) is 5.75 Å². The number of aromatic hydroxyl groups is 1. The van der Waals surface area contributed by atoms with Gasteiger partial charge in [-0.1, -0.05) is 6.92 Å². The highest BCUT2D eigenvalue weighted by atomic mass is 19.1. The Kier molecular flexibility index (Phi) is 3.52. The van der Waals surface area contributed by atoms with Crippen LogP contribution in [0.5, 0.6) is 11.5 Å². The van der Waals surface area contributed by atoms with Gasteiger partial charge in [-0.25, -0.2) is 4.39 Å². The van der Waals surface area contributed by atoms with E-state index in [1.807, 2.05) is 6.92 Å². The Bertz CT molecular complexity index is 399. The molecule has 1 rings (SSSR count). The molecule has 0 heterocycles. The molecule has 88 valence electrons. The Morgan fingerprint density at radius 1 is 1.50 bits per heavy atom. The largest absolute Gasteiger partial charge is 0.505 e. The van der Waals surface area contributed by atoms with Gasteiger partial charge in [0, 0.05) is 6.07 Å². The molecule has 0 bridgehead atoms. The molecule has 0 aromatic heterocycles. The SMILES string of the molecule is CCC(C)(C)C(=O)Oc1ccc(O)c(F)c1. The molecule has 1 aromatic carbocycles. The second-order valence-electron chi connectivity index (χ2n) is 4.24. The van der Waals surface area contributed by atoms with E-state index in [9.17, 15) is 9.18 Å². The fourth-order valence-corrected chi connectivity index (χ4v) is 0.941. The molecule has 0 aliphatic carbocycles. The lowest BCUT2D eigenvalue weighted by atomic mass is 9.91. The van der Waals surface area contributed by atoms with Gasteiger partial charge in [-0.2, -0.15) is 0 Å². The molecule has 0 radical (unpaired) electrons. The maximum Gasteiger partial charge on any atom is 0.316 e. The summed E-state index contributed by atoms with van der Waals surface area (Å²) in [6.45, 7) is 5.39. The van der Waals surface area contributed by atoms with Crippen molar-refractivity contribution in [3.05, 3.63) is 24.0 Å². The van der Waals surface area contributed by atoms with Crippen LogP contribution >= 0.6 is 0 Å². The van der Waals surface area contributed by atoms with Crippen LogP contribution in [0.15, 0.2) is 18.2 Å². The first kappa shape index (κ1) is 12.5. The fraction of sp³-hybridized carbons (Fsp3) is 0.417. The van der Waals surface area contributed by atoms with Crippen LogP contribution in [0, 0.1) is 11.2 Å². The lowest BCUT2D eigenvalue weighted by Crippen LogP contribution is -2.28. The first-order valence-electron chi connectivity index (χ1n) is 5.07. The van der Waals surface area contributed by atoms with Gasteiger partial charge in [0.25, 0.3) is 0 Å². The van der Waals surface area contributed by atoms with Crippen molar-refractivity contribution in [1.29, 1.82) is 0 Å². The Balaban J connectivity index is 2.82. The van der Waals surface area contributed by atoms with Crippen LogP contribution in [0.4, 0.5) is 4.39 Å². The standard InChI is InChI=1S/C12H15FO3/c1-4-12(2,3)11(15)16-8-5-6-10(14)9(13)7-8/h5-7,14H,4H2,1-3H3. The van der Waals surface area contributed by atoms with Crippen molar-refractivity contribution in [1.82, 2.24) is 0 Å². The van der Waals surface area contributed by atoms with Gasteiger partial charge >= 0.3 is 5.97 Å². The Labute approximate surface area is 93.9 Å². The van der Waals surface area contributed by atoms with E-state index in [2.05, 4.69) is 0 Å². The molecule has 16 heavy (non-hydrogen) atoms. The summed E-state index contributed by atoms with van der Waals surface area (Å²) < 4.78 is 18.0. The fourth-order valence-electron chi connectivity index (χ4n) is 0.941. The summed E-state index contributed by atoms with van der Waals surface area (Å²) in [6, 6.07) is 3.48. The van der Waals surface area contributed by atoms with Crippen LogP contribution in [0.3, 0.4) is 0 Å².